The number of para-hydroxylation sites is 1. The van der Waals surface area contributed by atoms with E-state index in [1.54, 1.807) is 18.2 Å². The van der Waals surface area contributed by atoms with E-state index >= 15 is 0 Å². The highest BCUT2D eigenvalue weighted by Crippen LogP contribution is 2.33. The molecule has 2 aromatic carbocycles. The lowest BCUT2D eigenvalue weighted by Crippen LogP contribution is -2.44. The van der Waals surface area contributed by atoms with Gasteiger partial charge in [-0.2, -0.15) is 0 Å². The molecule has 1 aliphatic rings. The fourth-order valence-electron chi connectivity index (χ4n) is 3.77. The Hall–Kier alpha value is -2.83. The van der Waals surface area contributed by atoms with Gasteiger partial charge in [-0.25, -0.2) is 0 Å². The molecule has 1 aliphatic carbocycles. The zero-order valence-corrected chi connectivity index (χ0v) is 17.9. The standard InChI is InChI=1S/C24H24ClNO5/c1-14-6-7-18(22-13-20(27)17-4-2-5-19(25)23(17)31-22)21(10-14)30-9-3-8-26-16-11-15(12-16)24(28)29/h2,4-7,10,13,15-16,26H,3,8-9,11-12H2,1H3,(H,28,29). The molecule has 0 bridgehead atoms. The molecule has 4 rings (SSSR count). The van der Waals surface area contributed by atoms with Crippen molar-refractivity contribution in [2.24, 2.45) is 5.92 Å². The molecule has 1 aromatic heterocycles. The van der Waals surface area contributed by atoms with Gasteiger partial charge >= 0.3 is 5.97 Å². The van der Waals surface area contributed by atoms with E-state index in [4.69, 9.17) is 25.9 Å². The maximum atomic E-state index is 12.6. The Labute approximate surface area is 184 Å². The van der Waals surface area contributed by atoms with Crippen LogP contribution in [0, 0.1) is 12.8 Å². The van der Waals surface area contributed by atoms with Crippen LogP contribution in [0.5, 0.6) is 5.75 Å². The van der Waals surface area contributed by atoms with E-state index in [9.17, 15) is 9.59 Å². The van der Waals surface area contributed by atoms with Gasteiger partial charge in [0.15, 0.2) is 11.0 Å². The van der Waals surface area contributed by atoms with E-state index in [0.717, 1.165) is 18.5 Å². The summed E-state index contributed by atoms with van der Waals surface area (Å²) in [7, 11) is 0. The highest BCUT2D eigenvalue weighted by atomic mass is 35.5. The number of fused-ring (bicyclic) bond motifs is 1. The van der Waals surface area contributed by atoms with E-state index in [0.29, 0.717) is 52.5 Å². The normalized spacial score (nSPS) is 18.0. The molecule has 0 radical (unpaired) electrons. The van der Waals surface area contributed by atoms with E-state index in [1.807, 2.05) is 25.1 Å². The molecule has 0 atom stereocenters. The summed E-state index contributed by atoms with van der Waals surface area (Å²) in [4.78, 5) is 23.4. The van der Waals surface area contributed by atoms with Crippen LogP contribution < -0.4 is 15.5 Å². The van der Waals surface area contributed by atoms with Crippen molar-refractivity contribution in [2.45, 2.75) is 32.2 Å². The number of aliphatic carboxylic acids is 1. The maximum absolute atomic E-state index is 12.6. The van der Waals surface area contributed by atoms with Crippen molar-refractivity contribution in [3.8, 4) is 17.1 Å². The first-order chi connectivity index (χ1) is 14.9. The van der Waals surface area contributed by atoms with Gasteiger partial charge in [-0.15, -0.1) is 0 Å². The molecule has 1 heterocycles. The number of carboxylic acid groups (broad SMARTS) is 1. The van der Waals surface area contributed by atoms with Crippen LogP contribution in [0.25, 0.3) is 22.3 Å². The molecule has 7 heteroatoms. The van der Waals surface area contributed by atoms with Gasteiger partial charge in [-0.3, -0.25) is 9.59 Å². The van der Waals surface area contributed by atoms with Crippen LogP contribution in [-0.4, -0.2) is 30.3 Å². The molecule has 0 amide bonds. The monoisotopic (exact) mass is 441 g/mol. The Bertz CT molecular complexity index is 1170. The molecule has 3 aromatic rings. The molecular formula is C24H24ClNO5. The Morgan fingerprint density at radius 2 is 2.06 bits per heavy atom. The number of rotatable bonds is 8. The predicted octanol–water partition coefficient (Wildman–Crippen LogP) is 4.64. The topological polar surface area (TPSA) is 88.8 Å². The number of carboxylic acids is 1. The number of hydrogen-bond donors (Lipinski definition) is 2. The highest BCUT2D eigenvalue weighted by Gasteiger charge is 2.33. The number of nitrogens with one attached hydrogen (secondary N) is 1. The molecular weight excluding hydrogens is 418 g/mol. The number of ether oxygens (including phenoxy) is 1. The van der Waals surface area contributed by atoms with Crippen molar-refractivity contribution < 1.29 is 19.1 Å². The van der Waals surface area contributed by atoms with Crippen molar-refractivity contribution in [1.29, 1.82) is 0 Å². The quantitative estimate of drug-likeness (QED) is 0.495. The van der Waals surface area contributed by atoms with Gasteiger partial charge in [0.05, 0.1) is 28.5 Å². The third kappa shape index (κ3) is 4.75. The van der Waals surface area contributed by atoms with E-state index < -0.39 is 5.97 Å². The predicted molar refractivity (Wildman–Crippen MR) is 120 cm³/mol. The van der Waals surface area contributed by atoms with Crippen LogP contribution in [-0.2, 0) is 4.79 Å². The lowest BCUT2D eigenvalue weighted by molar-refractivity contribution is -0.145. The minimum Gasteiger partial charge on any atom is -0.493 e. The summed E-state index contributed by atoms with van der Waals surface area (Å²) in [6.45, 7) is 3.21. The largest absolute Gasteiger partial charge is 0.493 e. The zero-order chi connectivity index (χ0) is 22.0. The Balaban J connectivity index is 1.44. The SMILES string of the molecule is Cc1ccc(-c2cc(=O)c3cccc(Cl)c3o2)c(OCCCNC2CC(C(=O)O)C2)c1. The number of benzene rings is 2. The molecule has 0 aliphatic heterocycles. The van der Waals surface area contributed by atoms with Crippen LogP contribution in [0.15, 0.2) is 51.7 Å². The molecule has 6 nitrogen and oxygen atoms in total. The summed E-state index contributed by atoms with van der Waals surface area (Å²) in [6, 6.07) is 12.6. The molecule has 1 saturated carbocycles. The Morgan fingerprint density at radius 3 is 2.84 bits per heavy atom. The van der Waals surface area contributed by atoms with Gasteiger partial charge in [0, 0.05) is 12.1 Å². The number of aryl methyl sites for hydroxylation is 1. The summed E-state index contributed by atoms with van der Waals surface area (Å²) < 4.78 is 12.0. The second-order valence-corrected chi connectivity index (χ2v) is 8.36. The lowest BCUT2D eigenvalue weighted by atomic mass is 9.80. The van der Waals surface area contributed by atoms with Crippen molar-refractivity contribution in [3.05, 3.63) is 63.3 Å². The van der Waals surface area contributed by atoms with Crippen LogP contribution in [0.4, 0.5) is 0 Å². The first kappa shape index (κ1) is 21.4. The van der Waals surface area contributed by atoms with E-state index in [2.05, 4.69) is 5.32 Å². The fraction of sp³-hybridized carbons (Fsp3) is 0.333. The van der Waals surface area contributed by atoms with Gasteiger partial charge in [-0.05, 0) is 62.6 Å². The van der Waals surface area contributed by atoms with Gasteiger partial charge < -0.3 is 19.6 Å². The van der Waals surface area contributed by atoms with Crippen molar-refractivity contribution >= 4 is 28.5 Å². The number of halogens is 1. The van der Waals surface area contributed by atoms with Crippen LogP contribution >= 0.6 is 11.6 Å². The van der Waals surface area contributed by atoms with Crippen LogP contribution in [0.1, 0.15) is 24.8 Å². The van der Waals surface area contributed by atoms with Gasteiger partial charge in [0.2, 0.25) is 0 Å². The van der Waals surface area contributed by atoms with Crippen molar-refractivity contribution in [3.63, 3.8) is 0 Å². The van der Waals surface area contributed by atoms with Gasteiger partial charge in [0.1, 0.15) is 11.5 Å². The minimum absolute atomic E-state index is 0.158. The first-order valence-corrected chi connectivity index (χ1v) is 10.7. The fourth-order valence-corrected chi connectivity index (χ4v) is 3.99. The minimum atomic E-state index is -0.713. The molecule has 0 saturated heterocycles. The zero-order valence-electron chi connectivity index (χ0n) is 17.2. The van der Waals surface area contributed by atoms with Crippen molar-refractivity contribution in [2.75, 3.05) is 13.2 Å². The maximum Gasteiger partial charge on any atom is 0.306 e. The lowest BCUT2D eigenvalue weighted by Gasteiger charge is -2.33. The summed E-state index contributed by atoms with van der Waals surface area (Å²) in [5.74, 6) is 0.126. The molecule has 162 valence electrons. The average Bonchev–Trinajstić information content (AvgIpc) is 2.69. The van der Waals surface area contributed by atoms with E-state index in [-0.39, 0.29) is 17.4 Å². The smallest absolute Gasteiger partial charge is 0.306 e. The van der Waals surface area contributed by atoms with Crippen molar-refractivity contribution in [1.82, 2.24) is 5.32 Å². The van der Waals surface area contributed by atoms with Gasteiger partial charge in [-0.1, -0.05) is 23.7 Å². The van der Waals surface area contributed by atoms with Gasteiger partial charge in [0.25, 0.3) is 0 Å². The van der Waals surface area contributed by atoms with E-state index in [1.165, 1.54) is 6.07 Å². The van der Waals surface area contributed by atoms with Crippen LogP contribution in [0.3, 0.4) is 0 Å². The molecule has 31 heavy (non-hydrogen) atoms. The summed E-state index contributed by atoms with van der Waals surface area (Å²) in [6.07, 6.45) is 2.14. The Kier molecular flexibility index (Phi) is 6.30. The highest BCUT2D eigenvalue weighted by molar-refractivity contribution is 6.34. The third-order valence-electron chi connectivity index (χ3n) is 5.61. The summed E-state index contributed by atoms with van der Waals surface area (Å²) in [5.41, 5.74) is 1.94. The Morgan fingerprint density at radius 1 is 1.26 bits per heavy atom. The number of carbonyl (C=O) groups is 1. The first-order valence-electron chi connectivity index (χ1n) is 10.3. The molecule has 1 fully saturated rings. The molecule has 2 N–H and O–H groups in total. The number of hydrogen-bond acceptors (Lipinski definition) is 5. The summed E-state index contributed by atoms with van der Waals surface area (Å²) in [5, 5.41) is 13.1. The third-order valence-corrected chi connectivity index (χ3v) is 5.91. The second-order valence-electron chi connectivity index (χ2n) is 7.95. The molecule has 0 spiro atoms. The summed E-state index contributed by atoms with van der Waals surface area (Å²) >= 11 is 6.24. The average molecular weight is 442 g/mol. The molecule has 0 unspecified atom stereocenters. The second kappa shape index (κ2) is 9.12. The van der Waals surface area contributed by atoms with Crippen LogP contribution in [0.2, 0.25) is 5.02 Å².